The predicted molar refractivity (Wildman–Crippen MR) is 163 cm³/mol. The molecule has 2 saturated heterocycles. The van der Waals surface area contributed by atoms with Crippen molar-refractivity contribution in [2.45, 2.75) is 50.2 Å². The molecule has 0 saturated carbocycles. The van der Waals surface area contributed by atoms with Gasteiger partial charge in [0.25, 0.3) is 0 Å². The summed E-state index contributed by atoms with van der Waals surface area (Å²) in [5.41, 5.74) is 5.28. The zero-order chi connectivity index (χ0) is 28.9. The van der Waals surface area contributed by atoms with E-state index in [0.717, 1.165) is 61.2 Å². The highest BCUT2D eigenvalue weighted by Crippen LogP contribution is 2.28. The van der Waals surface area contributed by atoms with Crippen LogP contribution in [0.3, 0.4) is 0 Å². The fourth-order valence-electron chi connectivity index (χ4n) is 5.98. The summed E-state index contributed by atoms with van der Waals surface area (Å²) >= 11 is 0. The Morgan fingerprint density at radius 1 is 0.738 bits per heavy atom. The van der Waals surface area contributed by atoms with Crippen LogP contribution < -0.4 is 21.3 Å². The maximum Gasteiger partial charge on any atom is 0.247 e. The second-order valence-corrected chi connectivity index (χ2v) is 11.1. The van der Waals surface area contributed by atoms with Crippen molar-refractivity contribution in [3.8, 4) is 11.8 Å². The summed E-state index contributed by atoms with van der Waals surface area (Å²) in [6.45, 7) is 2.21. The number of carbonyl (C=O) groups is 3. The predicted octanol–water partition coefficient (Wildman–Crippen LogP) is 3.59. The molecular weight excluding hydrogens is 526 g/mol. The third-order valence-electron chi connectivity index (χ3n) is 8.23. The van der Waals surface area contributed by atoms with E-state index in [2.05, 4.69) is 39.2 Å². The van der Waals surface area contributed by atoms with Gasteiger partial charge in [-0.2, -0.15) is 0 Å². The number of anilines is 2. The van der Waals surface area contributed by atoms with Gasteiger partial charge in [-0.3, -0.25) is 14.4 Å². The lowest BCUT2D eigenvalue weighted by molar-refractivity contribution is -0.138. The van der Waals surface area contributed by atoms with Crippen molar-refractivity contribution in [2.24, 2.45) is 0 Å². The number of likely N-dealkylation sites (tertiary alicyclic amines) is 1. The number of fused-ring (bicyclic) bond motifs is 1. The van der Waals surface area contributed by atoms with Crippen molar-refractivity contribution in [3.05, 3.63) is 95.1 Å². The lowest BCUT2D eigenvalue weighted by atomic mass is 9.93. The fourth-order valence-corrected chi connectivity index (χ4v) is 5.98. The largest absolute Gasteiger partial charge is 0.329 e. The zero-order valence-electron chi connectivity index (χ0n) is 23.5. The molecule has 3 heterocycles. The number of rotatable bonds is 5. The van der Waals surface area contributed by atoms with Gasteiger partial charge in [0.05, 0.1) is 6.04 Å². The standard InChI is InChI=1S/C34H35N5O3/c40-32(29-7-3-20-35-29)37-26-15-11-23(12-16-26)9-10-24-13-17-27(18-14-24)38-33(41)30-8-4-22-39(30)34(42)31-28-6-2-1-5-25(28)19-21-36-31/h1-2,5-6,11-18,29-31,35-36H,3-4,7-8,19-22H2,(H,37,40)(H,38,41)/t29-,30-,31+/m0/s1. The van der Waals surface area contributed by atoms with Crippen LogP contribution in [0, 0.1) is 11.8 Å². The number of carbonyl (C=O) groups excluding carboxylic acids is 3. The summed E-state index contributed by atoms with van der Waals surface area (Å²) in [4.78, 5) is 40.8. The lowest BCUT2D eigenvalue weighted by Gasteiger charge is -2.32. The van der Waals surface area contributed by atoms with Crippen molar-refractivity contribution in [3.63, 3.8) is 0 Å². The Morgan fingerprint density at radius 2 is 1.40 bits per heavy atom. The van der Waals surface area contributed by atoms with Crippen molar-refractivity contribution in [2.75, 3.05) is 30.3 Å². The first-order valence-electron chi connectivity index (χ1n) is 14.7. The molecule has 8 nitrogen and oxygen atoms in total. The summed E-state index contributed by atoms with van der Waals surface area (Å²) in [6.07, 6.45) is 4.24. The second-order valence-electron chi connectivity index (χ2n) is 11.1. The minimum atomic E-state index is -0.491. The maximum atomic E-state index is 13.5. The van der Waals surface area contributed by atoms with Crippen molar-refractivity contribution >= 4 is 29.1 Å². The molecule has 214 valence electrons. The SMILES string of the molecule is O=C(Nc1ccc(C#Cc2ccc(NC(=O)[C@@H]3CCCN3C(=O)[C@@H]3NCCc4ccccc43)cc2)cc1)[C@@H]1CCCN1. The van der Waals surface area contributed by atoms with E-state index in [0.29, 0.717) is 18.7 Å². The van der Waals surface area contributed by atoms with E-state index in [9.17, 15) is 14.4 Å². The van der Waals surface area contributed by atoms with Crippen molar-refractivity contribution in [1.29, 1.82) is 0 Å². The monoisotopic (exact) mass is 561 g/mol. The first kappa shape index (κ1) is 27.7. The molecule has 0 unspecified atom stereocenters. The number of amides is 3. The molecule has 4 N–H and O–H groups in total. The number of benzene rings is 3. The molecule has 0 bridgehead atoms. The molecule has 0 spiro atoms. The summed E-state index contributed by atoms with van der Waals surface area (Å²) in [7, 11) is 0. The summed E-state index contributed by atoms with van der Waals surface area (Å²) in [5.74, 6) is 6.09. The topological polar surface area (TPSA) is 103 Å². The fraction of sp³-hybridized carbons (Fsp3) is 0.324. The van der Waals surface area contributed by atoms with Crippen molar-refractivity contribution in [1.82, 2.24) is 15.5 Å². The van der Waals surface area contributed by atoms with Gasteiger partial charge in [-0.05, 0) is 98.3 Å². The van der Waals surface area contributed by atoms with Gasteiger partial charge in [0.15, 0.2) is 0 Å². The maximum absolute atomic E-state index is 13.5. The Labute approximate surface area is 246 Å². The number of nitrogens with zero attached hydrogens (tertiary/aromatic N) is 1. The normalized spacial score (nSPS) is 21.1. The van der Waals surface area contributed by atoms with Crippen LogP contribution in [-0.2, 0) is 20.8 Å². The van der Waals surface area contributed by atoms with Crippen LogP contribution in [0.2, 0.25) is 0 Å². The average Bonchev–Trinajstić information content (AvgIpc) is 3.74. The van der Waals surface area contributed by atoms with Crippen LogP contribution in [0.4, 0.5) is 11.4 Å². The Kier molecular flexibility index (Phi) is 8.31. The highest BCUT2D eigenvalue weighted by Gasteiger charge is 2.38. The molecule has 8 heteroatoms. The number of nitrogens with one attached hydrogen (secondary N) is 4. The zero-order valence-corrected chi connectivity index (χ0v) is 23.5. The van der Waals surface area contributed by atoms with Gasteiger partial charge in [0.1, 0.15) is 12.1 Å². The first-order chi connectivity index (χ1) is 20.5. The van der Waals surface area contributed by atoms with Gasteiger partial charge in [-0.1, -0.05) is 36.1 Å². The molecule has 3 aromatic rings. The van der Waals surface area contributed by atoms with E-state index in [1.54, 1.807) is 4.90 Å². The molecule has 0 radical (unpaired) electrons. The van der Waals surface area contributed by atoms with E-state index in [1.807, 2.05) is 66.7 Å². The Hall–Kier alpha value is -4.45. The molecule has 3 aliphatic rings. The molecule has 3 amide bonds. The Balaban J connectivity index is 1.04. The van der Waals surface area contributed by atoms with E-state index in [4.69, 9.17) is 0 Å². The molecule has 42 heavy (non-hydrogen) atoms. The summed E-state index contributed by atoms with van der Waals surface area (Å²) in [6, 6.07) is 21.9. The van der Waals surface area contributed by atoms with Crippen LogP contribution in [0.15, 0.2) is 72.8 Å². The molecular formula is C34H35N5O3. The van der Waals surface area contributed by atoms with Gasteiger partial charge < -0.3 is 26.2 Å². The van der Waals surface area contributed by atoms with E-state index < -0.39 is 12.1 Å². The molecule has 3 aliphatic heterocycles. The third kappa shape index (κ3) is 6.23. The van der Waals surface area contributed by atoms with Gasteiger partial charge in [-0.15, -0.1) is 0 Å². The van der Waals surface area contributed by atoms with Crippen LogP contribution in [0.25, 0.3) is 0 Å². The smallest absolute Gasteiger partial charge is 0.247 e. The van der Waals surface area contributed by atoms with E-state index in [1.165, 1.54) is 5.56 Å². The van der Waals surface area contributed by atoms with Crippen LogP contribution in [0.5, 0.6) is 0 Å². The Bertz CT molecular complexity index is 1520. The quantitative estimate of drug-likeness (QED) is 0.357. The average molecular weight is 562 g/mol. The lowest BCUT2D eigenvalue weighted by Crippen LogP contribution is -2.49. The highest BCUT2D eigenvalue weighted by molar-refractivity contribution is 5.98. The van der Waals surface area contributed by atoms with E-state index >= 15 is 0 Å². The first-order valence-corrected chi connectivity index (χ1v) is 14.7. The van der Waals surface area contributed by atoms with E-state index in [-0.39, 0.29) is 23.8 Å². The summed E-state index contributed by atoms with van der Waals surface area (Å²) in [5, 5.41) is 12.5. The highest BCUT2D eigenvalue weighted by atomic mass is 16.2. The Morgan fingerprint density at radius 3 is 2.07 bits per heavy atom. The minimum absolute atomic E-state index is 0.00208. The van der Waals surface area contributed by atoms with Crippen LogP contribution in [0.1, 0.15) is 54.0 Å². The number of hydrogen-bond acceptors (Lipinski definition) is 5. The molecule has 3 atom stereocenters. The van der Waals surface area contributed by atoms with Gasteiger partial charge in [0, 0.05) is 35.6 Å². The second kappa shape index (κ2) is 12.6. The van der Waals surface area contributed by atoms with Gasteiger partial charge in [0.2, 0.25) is 17.7 Å². The molecule has 6 rings (SSSR count). The molecule has 0 aromatic heterocycles. The molecule has 2 fully saturated rings. The van der Waals surface area contributed by atoms with Crippen LogP contribution >= 0.6 is 0 Å². The van der Waals surface area contributed by atoms with Gasteiger partial charge in [-0.25, -0.2) is 0 Å². The van der Waals surface area contributed by atoms with Crippen molar-refractivity contribution < 1.29 is 14.4 Å². The van der Waals surface area contributed by atoms with Gasteiger partial charge >= 0.3 is 0 Å². The third-order valence-corrected chi connectivity index (χ3v) is 8.23. The molecule has 3 aromatic carbocycles. The minimum Gasteiger partial charge on any atom is -0.329 e. The van der Waals surface area contributed by atoms with Crippen LogP contribution in [-0.4, -0.2) is 54.3 Å². The summed E-state index contributed by atoms with van der Waals surface area (Å²) < 4.78 is 0. The molecule has 0 aliphatic carbocycles. The number of hydrogen-bond donors (Lipinski definition) is 4.